The summed E-state index contributed by atoms with van der Waals surface area (Å²) in [6.45, 7) is 14.9. The Labute approximate surface area is 373 Å². The molecule has 340 valence electrons. The van der Waals surface area contributed by atoms with E-state index in [1.807, 2.05) is 137 Å². The van der Waals surface area contributed by atoms with Gasteiger partial charge < -0.3 is 33.8 Å². The van der Waals surface area contributed by atoms with Crippen LogP contribution in [0.2, 0.25) is 0 Å². The molecule has 0 spiro atoms. The number of anilines is 2. The van der Waals surface area contributed by atoms with Gasteiger partial charge in [0.2, 0.25) is 11.8 Å². The summed E-state index contributed by atoms with van der Waals surface area (Å²) in [5, 5.41) is 0. The average molecular weight is 867 g/mol. The third kappa shape index (κ3) is 13.9. The van der Waals surface area contributed by atoms with E-state index >= 15 is 0 Å². The lowest BCUT2D eigenvalue weighted by atomic mass is 10.1. The minimum Gasteiger partial charge on any atom is -0.445 e. The molecule has 7 rings (SSSR count). The van der Waals surface area contributed by atoms with Crippen molar-refractivity contribution in [2.45, 2.75) is 97.1 Å². The highest BCUT2D eigenvalue weighted by atomic mass is 16.6. The predicted molar refractivity (Wildman–Crippen MR) is 242 cm³/mol. The summed E-state index contributed by atoms with van der Waals surface area (Å²) < 4.78 is 16.7. The molecule has 2 atom stereocenters. The van der Waals surface area contributed by atoms with Crippen molar-refractivity contribution in [3.05, 3.63) is 96.6 Å². The molecule has 0 aromatic heterocycles. The fourth-order valence-corrected chi connectivity index (χ4v) is 7.57. The van der Waals surface area contributed by atoms with Crippen molar-refractivity contribution in [3.63, 3.8) is 0 Å². The summed E-state index contributed by atoms with van der Waals surface area (Å²) in [5.41, 5.74) is 1.47. The standard InChI is InChI=1S/C28H35N3O5.C21H31N3O3/c1-28(2,3)36-26(33)29-16-17-30(27(34)35-20-21-10-6-4-7-11-21)24(18-29)19-31(25(32)22-14-15-22)23-12-8-5-9-13-23;1-21(2,3)27-20(26)23-13-12-22(4)18(14-23)15-24(19(25)16-10-11-16)17-8-6-5-7-9-17/h4-13,22,24H,14-20H2,1-3H3;5-9,16,18H,10-15H2,1-4H3. The molecule has 4 aliphatic rings. The highest BCUT2D eigenvalue weighted by Gasteiger charge is 2.41. The first kappa shape index (κ1) is 46.9. The summed E-state index contributed by atoms with van der Waals surface area (Å²) in [6, 6.07) is 28.4. The molecule has 2 saturated carbocycles. The topological polar surface area (TPSA) is 132 Å². The molecule has 3 aromatic rings. The van der Waals surface area contributed by atoms with Gasteiger partial charge in [-0.3, -0.25) is 19.4 Å². The molecular formula is C49H66N6O8. The van der Waals surface area contributed by atoms with E-state index in [9.17, 15) is 24.0 Å². The summed E-state index contributed by atoms with van der Waals surface area (Å²) in [7, 11) is 2.06. The number of hydrogen-bond acceptors (Lipinski definition) is 9. The molecular weight excluding hydrogens is 801 g/mol. The fourth-order valence-electron chi connectivity index (χ4n) is 7.57. The number of piperazine rings is 2. The maximum absolute atomic E-state index is 13.3. The zero-order valence-corrected chi connectivity index (χ0v) is 38.1. The van der Waals surface area contributed by atoms with Crippen LogP contribution < -0.4 is 9.80 Å². The minimum absolute atomic E-state index is 0.00855. The predicted octanol–water partition coefficient (Wildman–Crippen LogP) is 7.67. The van der Waals surface area contributed by atoms with E-state index in [0.717, 1.165) is 49.2 Å². The number of hydrogen-bond donors (Lipinski definition) is 0. The number of ether oxygens (including phenoxy) is 3. The van der Waals surface area contributed by atoms with Gasteiger partial charge in [0.15, 0.2) is 0 Å². The van der Waals surface area contributed by atoms with Crippen LogP contribution in [-0.2, 0) is 30.4 Å². The van der Waals surface area contributed by atoms with E-state index in [2.05, 4.69) is 11.9 Å². The third-order valence-corrected chi connectivity index (χ3v) is 11.3. The van der Waals surface area contributed by atoms with Gasteiger partial charge >= 0.3 is 18.3 Å². The van der Waals surface area contributed by atoms with Gasteiger partial charge in [0, 0.05) is 81.6 Å². The molecule has 14 nitrogen and oxygen atoms in total. The molecule has 63 heavy (non-hydrogen) atoms. The van der Waals surface area contributed by atoms with E-state index < -0.39 is 29.4 Å². The SMILES string of the molecule is CC(C)(C)OC(=O)N1CCN(C(=O)OCc2ccccc2)C(CN(C(=O)C2CC2)c2ccccc2)C1.CN1CCN(C(=O)OC(C)(C)C)CC1CN(C(=O)C1CC1)c1ccccc1. The van der Waals surface area contributed by atoms with Crippen molar-refractivity contribution >= 4 is 41.5 Å². The largest absolute Gasteiger partial charge is 0.445 e. The zero-order valence-electron chi connectivity index (χ0n) is 38.1. The number of nitrogens with zero attached hydrogens (tertiary/aromatic N) is 6. The van der Waals surface area contributed by atoms with E-state index in [4.69, 9.17) is 14.2 Å². The van der Waals surface area contributed by atoms with E-state index in [1.165, 1.54) is 0 Å². The fraction of sp³-hybridized carbons (Fsp3) is 0.531. The molecule has 0 radical (unpaired) electrons. The number of rotatable bonds is 10. The van der Waals surface area contributed by atoms with E-state index in [0.29, 0.717) is 26.2 Å². The Hall–Kier alpha value is -5.63. The molecule has 3 aromatic carbocycles. The molecule has 2 aliphatic heterocycles. The van der Waals surface area contributed by atoms with Crippen molar-refractivity contribution < 1.29 is 38.2 Å². The average Bonchev–Trinajstić information content (AvgIpc) is 4.19. The van der Waals surface area contributed by atoms with E-state index in [1.54, 1.807) is 19.6 Å². The van der Waals surface area contributed by atoms with Gasteiger partial charge in [-0.2, -0.15) is 0 Å². The van der Waals surface area contributed by atoms with Gasteiger partial charge in [-0.25, -0.2) is 14.4 Å². The van der Waals surface area contributed by atoms with Crippen molar-refractivity contribution in [3.8, 4) is 0 Å². The van der Waals surface area contributed by atoms with Crippen LogP contribution in [0.15, 0.2) is 91.0 Å². The van der Waals surface area contributed by atoms with Gasteiger partial charge in [-0.15, -0.1) is 0 Å². The number of amides is 5. The molecule has 0 N–H and O–H groups in total. The van der Waals surface area contributed by atoms with Crippen molar-refractivity contribution in [1.82, 2.24) is 19.6 Å². The first-order valence-corrected chi connectivity index (χ1v) is 22.3. The molecule has 2 heterocycles. The van der Waals surface area contributed by atoms with Crippen LogP contribution >= 0.6 is 0 Å². The quantitative estimate of drug-likeness (QED) is 0.189. The lowest BCUT2D eigenvalue weighted by Crippen LogP contribution is -2.61. The summed E-state index contributed by atoms with van der Waals surface area (Å²) >= 11 is 0. The first-order chi connectivity index (χ1) is 30.0. The second-order valence-corrected chi connectivity index (χ2v) is 19.0. The number of benzene rings is 3. The smallest absolute Gasteiger partial charge is 0.410 e. The van der Waals surface area contributed by atoms with Gasteiger partial charge in [0.1, 0.15) is 17.8 Å². The van der Waals surface area contributed by atoms with Crippen LogP contribution in [0.25, 0.3) is 0 Å². The highest BCUT2D eigenvalue weighted by molar-refractivity contribution is 5.97. The van der Waals surface area contributed by atoms with Crippen molar-refractivity contribution in [2.75, 3.05) is 69.2 Å². The Kier molecular flexibility index (Phi) is 15.4. The maximum Gasteiger partial charge on any atom is 0.410 e. The number of likely N-dealkylation sites (N-methyl/N-ethyl adjacent to an activating group) is 1. The lowest BCUT2D eigenvalue weighted by molar-refractivity contribution is -0.120. The van der Waals surface area contributed by atoms with Crippen LogP contribution in [0.5, 0.6) is 0 Å². The van der Waals surface area contributed by atoms with Gasteiger partial charge in [-0.1, -0.05) is 66.7 Å². The van der Waals surface area contributed by atoms with Gasteiger partial charge in [-0.05, 0) is 104 Å². The molecule has 2 unspecified atom stereocenters. The number of carbonyl (C=O) groups excluding carboxylic acids is 5. The molecule has 14 heteroatoms. The van der Waals surface area contributed by atoms with Crippen LogP contribution in [0, 0.1) is 11.8 Å². The van der Waals surface area contributed by atoms with Gasteiger partial charge in [0.05, 0.1) is 6.04 Å². The van der Waals surface area contributed by atoms with Crippen LogP contribution in [-0.4, -0.2) is 132 Å². The summed E-state index contributed by atoms with van der Waals surface area (Å²) in [4.78, 5) is 75.6. The Morgan fingerprint density at radius 3 is 1.41 bits per heavy atom. The second kappa shape index (κ2) is 20.7. The Morgan fingerprint density at radius 2 is 0.968 bits per heavy atom. The molecule has 2 saturated heterocycles. The van der Waals surface area contributed by atoms with Crippen LogP contribution in [0.4, 0.5) is 25.8 Å². The molecule has 4 fully saturated rings. The normalized spacial score (nSPS) is 19.3. The molecule has 5 amide bonds. The molecule has 0 bridgehead atoms. The van der Waals surface area contributed by atoms with Crippen molar-refractivity contribution in [2.24, 2.45) is 11.8 Å². The first-order valence-electron chi connectivity index (χ1n) is 22.3. The monoisotopic (exact) mass is 866 g/mol. The van der Waals surface area contributed by atoms with Crippen LogP contribution in [0.3, 0.4) is 0 Å². The minimum atomic E-state index is -0.629. The maximum atomic E-state index is 13.3. The zero-order chi connectivity index (χ0) is 45.3. The Bertz CT molecular complexity index is 2000. The Morgan fingerprint density at radius 1 is 0.556 bits per heavy atom. The lowest BCUT2D eigenvalue weighted by Gasteiger charge is -2.42. The number of para-hydroxylation sites is 2. The van der Waals surface area contributed by atoms with E-state index in [-0.39, 0.29) is 62.0 Å². The second-order valence-electron chi connectivity index (χ2n) is 19.0. The summed E-state index contributed by atoms with van der Waals surface area (Å²) in [6.07, 6.45) is 2.54. The highest BCUT2D eigenvalue weighted by Crippen LogP contribution is 2.34. The van der Waals surface area contributed by atoms with Crippen molar-refractivity contribution in [1.29, 1.82) is 0 Å². The molecule has 2 aliphatic carbocycles. The number of carbonyl (C=O) groups is 5. The summed E-state index contributed by atoms with van der Waals surface area (Å²) in [5.74, 6) is 0.410. The van der Waals surface area contributed by atoms with Gasteiger partial charge in [0.25, 0.3) is 0 Å². The van der Waals surface area contributed by atoms with Crippen LogP contribution in [0.1, 0.15) is 72.8 Å². The third-order valence-electron chi connectivity index (χ3n) is 11.3. The Balaban J connectivity index is 0.000000219.